The molecule has 90 valence electrons. The highest BCUT2D eigenvalue weighted by Crippen LogP contribution is 2.17. The van der Waals surface area contributed by atoms with Gasteiger partial charge in [-0.25, -0.2) is 9.18 Å². The fourth-order valence-corrected chi connectivity index (χ4v) is 1.62. The van der Waals surface area contributed by atoms with Crippen LogP contribution in [-0.2, 0) is 0 Å². The maximum atomic E-state index is 13.4. The van der Waals surface area contributed by atoms with Crippen molar-refractivity contribution in [3.63, 3.8) is 0 Å². The second-order valence-electron chi connectivity index (χ2n) is 3.38. The highest BCUT2D eigenvalue weighted by Gasteiger charge is 2.07. The number of benzene rings is 1. The summed E-state index contributed by atoms with van der Waals surface area (Å²) in [5.74, 6) is -0.552. The number of aromatic amines is 1. The molecule has 0 amide bonds. The molecule has 0 saturated heterocycles. The van der Waals surface area contributed by atoms with Crippen LogP contribution in [0, 0.1) is 17.1 Å². The van der Waals surface area contributed by atoms with Crippen LogP contribution in [0.2, 0.25) is 0 Å². The van der Waals surface area contributed by atoms with Crippen LogP contribution in [-0.4, -0.2) is 9.55 Å². The van der Waals surface area contributed by atoms with Gasteiger partial charge in [-0.3, -0.25) is 14.3 Å². The molecule has 0 bridgehead atoms. The number of hydrogen-bond acceptors (Lipinski definition) is 3. The average molecular weight is 310 g/mol. The third kappa shape index (κ3) is 2.10. The minimum atomic E-state index is -0.767. The lowest BCUT2D eigenvalue weighted by molar-refractivity contribution is 0.619. The van der Waals surface area contributed by atoms with E-state index in [4.69, 9.17) is 5.26 Å². The molecule has 2 rings (SSSR count). The van der Waals surface area contributed by atoms with Gasteiger partial charge in [-0.15, -0.1) is 0 Å². The molecule has 0 radical (unpaired) electrons. The van der Waals surface area contributed by atoms with Crippen LogP contribution in [0.5, 0.6) is 0 Å². The van der Waals surface area contributed by atoms with Crippen molar-refractivity contribution < 1.29 is 4.39 Å². The Morgan fingerprint density at radius 1 is 1.39 bits per heavy atom. The van der Waals surface area contributed by atoms with Gasteiger partial charge in [0.1, 0.15) is 17.4 Å². The maximum absolute atomic E-state index is 13.4. The summed E-state index contributed by atoms with van der Waals surface area (Å²) < 4.78 is 14.6. The van der Waals surface area contributed by atoms with Crippen LogP contribution in [0.3, 0.4) is 0 Å². The van der Waals surface area contributed by atoms with Crippen LogP contribution in [0.15, 0.2) is 38.5 Å². The molecule has 0 aliphatic carbocycles. The van der Waals surface area contributed by atoms with Crippen molar-refractivity contribution in [1.82, 2.24) is 9.55 Å². The molecule has 0 saturated carbocycles. The lowest BCUT2D eigenvalue weighted by atomic mass is 10.3. The number of rotatable bonds is 1. The molecule has 0 atom stereocenters. The standard InChI is InChI=1S/C11H5BrFN3O2/c12-8-2-1-7(3-9(8)13)16-5-6(4-14)10(17)15-11(16)18/h1-3,5H,(H,15,17,18). The molecular formula is C11H5BrFN3O2. The largest absolute Gasteiger partial charge is 0.332 e. The van der Waals surface area contributed by atoms with Crippen molar-refractivity contribution >= 4 is 15.9 Å². The lowest BCUT2D eigenvalue weighted by Gasteiger charge is -2.05. The third-order valence-electron chi connectivity index (χ3n) is 2.24. The van der Waals surface area contributed by atoms with E-state index in [9.17, 15) is 14.0 Å². The average Bonchev–Trinajstić information content (AvgIpc) is 2.33. The summed E-state index contributed by atoms with van der Waals surface area (Å²) in [6, 6.07) is 5.67. The zero-order valence-corrected chi connectivity index (χ0v) is 10.4. The fraction of sp³-hybridized carbons (Fsp3) is 0. The number of nitriles is 1. The Labute approximate surface area is 108 Å². The summed E-state index contributed by atoms with van der Waals surface area (Å²) in [5, 5.41) is 8.71. The monoisotopic (exact) mass is 309 g/mol. The predicted molar refractivity (Wildman–Crippen MR) is 65.0 cm³/mol. The minimum absolute atomic E-state index is 0.216. The van der Waals surface area contributed by atoms with Gasteiger partial charge >= 0.3 is 5.69 Å². The van der Waals surface area contributed by atoms with E-state index in [0.717, 1.165) is 16.8 Å². The van der Waals surface area contributed by atoms with E-state index < -0.39 is 17.1 Å². The molecule has 0 spiro atoms. The lowest BCUT2D eigenvalue weighted by Crippen LogP contribution is -2.30. The predicted octanol–water partition coefficient (Wildman–Crippen LogP) is 1.30. The molecule has 0 aliphatic rings. The van der Waals surface area contributed by atoms with E-state index >= 15 is 0 Å². The number of H-pyrrole nitrogens is 1. The Bertz CT molecular complexity index is 773. The molecule has 18 heavy (non-hydrogen) atoms. The molecule has 2 aromatic rings. The zero-order chi connectivity index (χ0) is 13.3. The molecular weight excluding hydrogens is 305 g/mol. The van der Waals surface area contributed by atoms with Crippen molar-refractivity contribution in [3.05, 3.63) is 61.1 Å². The number of hydrogen-bond donors (Lipinski definition) is 1. The number of nitrogens with zero attached hydrogens (tertiary/aromatic N) is 2. The van der Waals surface area contributed by atoms with Gasteiger partial charge in [0.25, 0.3) is 5.56 Å². The van der Waals surface area contributed by atoms with Gasteiger partial charge in [0.15, 0.2) is 0 Å². The first-order valence-corrected chi connectivity index (χ1v) is 5.53. The Morgan fingerprint density at radius 3 is 2.72 bits per heavy atom. The molecule has 0 unspecified atom stereocenters. The van der Waals surface area contributed by atoms with Crippen LogP contribution in [0.1, 0.15) is 5.56 Å². The highest BCUT2D eigenvalue weighted by atomic mass is 79.9. The van der Waals surface area contributed by atoms with E-state index in [-0.39, 0.29) is 15.7 Å². The molecule has 0 fully saturated rings. The van der Waals surface area contributed by atoms with Gasteiger partial charge in [0, 0.05) is 6.20 Å². The van der Waals surface area contributed by atoms with Crippen LogP contribution < -0.4 is 11.2 Å². The minimum Gasteiger partial charge on any atom is -0.273 e. The van der Waals surface area contributed by atoms with Gasteiger partial charge in [-0.2, -0.15) is 5.26 Å². The van der Waals surface area contributed by atoms with Gasteiger partial charge in [-0.05, 0) is 34.1 Å². The normalized spacial score (nSPS) is 10.1. The molecule has 7 heteroatoms. The molecule has 1 N–H and O–H groups in total. The molecule has 5 nitrogen and oxygen atoms in total. The first kappa shape index (κ1) is 12.3. The van der Waals surface area contributed by atoms with Crippen LogP contribution in [0.25, 0.3) is 5.69 Å². The Hall–Kier alpha value is -2.20. The SMILES string of the molecule is N#Cc1cn(-c2ccc(Br)c(F)c2)c(=O)[nH]c1=O. The van der Waals surface area contributed by atoms with Gasteiger partial charge in [-0.1, -0.05) is 0 Å². The van der Waals surface area contributed by atoms with Crippen molar-refractivity contribution in [2.45, 2.75) is 0 Å². The van der Waals surface area contributed by atoms with Gasteiger partial charge < -0.3 is 0 Å². The second-order valence-corrected chi connectivity index (χ2v) is 4.24. The summed E-state index contributed by atoms with van der Waals surface area (Å²) in [5.41, 5.74) is -1.51. The number of aromatic nitrogens is 2. The summed E-state index contributed by atoms with van der Waals surface area (Å²) in [7, 11) is 0. The van der Waals surface area contributed by atoms with E-state index in [1.165, 1.54) is 12.1 Å². The molecule has 0 aliphatic heterocycles. The van der Waals surface area contributed by atoms with Gasteiger partial charge in [0.2, 0.25) is 0 Å². The van der Waals surface area contributed by atoms with E-state index in [2.05, 4.69) is 15.9 Å². The Morgan fingerprint density at radius 2 is 2.11 bits per heavy atom. The van der Waals surface area contributed by atoms with Crippen molar-refractivity contribution in [2.75, 3.05) is 0 Å². The smallest absolute Gasteiger partial charge is 0.273 e. The van der Waals surface area contributed by atoms with Crippen molar-refractivity contribution in [2.24, 2.45) is 0 Å². The topological polar surface area (TPSA) is 78.7 Å². The first-order valence-electron chi connectivity index (χ1n) is 4.74. The van der Waals surface area contributed by atoms with Crippen LogP contribution >= 0.6 is 15.9 Å². The first-order chi connectivity index (χ1) is 8.52. The second kappa shape index (κ2) is 4.58. The van der Waals surface area contributed by atoms with E-state index in [1.807, 2.05) is 4.98 Å². The van der Waals surface area contributed by atoms with Crippen LogP contribution in [0.4, 0.5) is 4.39 Å². The fourth-order valence-electron chi connectivity index (χ4n) is 1.38. The highest BCUT2D eigenvalue weighted by molar-refractivity contribution is 9.10. The number of nitrogens with one attached hydrogen (secondary N) is 1. The summed E-state index contributed by atoms with van der Waals surface area (Å²) >= 11 is 2.99. The quantitative estimate of drug-likeness (QED) is 0.862. The third-order valence-corrected chi connectivity index (χ3v) is 2.89. The number of halogens is 2. The zero-order valence-electron chi connectivity index (χ0n) is 8.78. The van der Waals surface area contributed by atoms with E-state index in [0.29, 0.717) is 0 Å². The Balaban J connectivity index is 2.72. The van der Waals surface area contributed by atoms with Crippen molar-refractivity contribution in [3.8, 4) is 11.8 Å². The van der Waals surface area contributed by atoms with Crippen molar-refractivity contribution in [1.29, 1.82) is 5.26 Å². The molecule has 1 aromatic heterocycles. The Kier molecular flexibility index (Phi) is 3.12. The van der Waals surface area contributed by atoms with E-state index in [1.54, 1.807) is 6.07 Å². The molecule has 1 aromatic carbocycles. The maximum Gasteiger partial charge on any atom is 0.332 e. The summed E-state index contributed by atoms with van der Waals surface area (Å²) in [6.07, 6.45) is 1.07. The summed E-state index contributed by atoms with van der Waals surface area (Å²) in [4.78, 5) is 24.8. The molecule has 1 heterocycles. The summed E-state index contributed by atoms with van der Waals surface area (Å²) in [6.45, 7) is 0. The van der Waals surface area contributed by atoms with Gasteiger partial charge in [0.05, 0.1) is 10.2 Å².